The lowest BCUT2D eigenvalue weighted by atomic mass is 10.1. The summed E-state index contributed by atoms with van der Waals surface area (Å²) in [7, 11) is 0. The van der Waals surface area contributed by atoms with E-state index in [4.69, 9.17) is 5.11 Å². The third kappa shape index (κ3) is 9.28. The molecule has 76 valence electrons. The van der Waals surface area contributed by atoms with Crippen LogP contribution in [0.2, 0.25) is 0 Å². The molecule has 0 saturated heterocycles. The number of carbonyl (C=O) groups is 1. The van der Waals surface area contributed by atoms with E-state index in [9.17, 15) is 4.79 Å². The van der Waals surface area contributed by atoms with Crippen LogP contribution in [-0.4, -0.2) is 17.0 Å². The van der Waals surface area contributed by atoms with Crippen molar-refractivity contribution in [3.05, 3.63) is 12.2 Å². The minimum Gasteiger partial charge on any atom is -0.393 e. The average molecular weight is 184 g/mol. The van der Waals surface area contributed by atoms with Crippen LogP contribution in [0.1, 0.15) is 46.0 Å². The Labute approximate surface area is 80.7 Å². The zero-order valence-corrected chi connectivity index (χ0v) is 8.62. The van der Waals surface area contributed by atoms with Crippen LogP contribution in [0.4, 0.5) is 0 Å². The third-order valence-corrected chi connectivity index (χ3v) is 1.83. The van der Waals surface area contributed by atoms with Crippen LogP contribution in [0.5, 0.6) is 0 Å². The number of allylic oxidation sites excluding steroid dienone is 2. The lowest BCUT2D eigenvalue weighted by Gasteiger charge is -2.01. The van der Waals surface area contributed by atoms with E-state index in [-0.39, 0.29) is 11.9 Å². The van der Waals surface area contributed by atoms with E-state index in [1.165, 1.54) is 0 Å². The second kappa shape index (κ2) is 7.99. The molecule has 0 spiro atoms. The minimum absolute atomic E-state index is 0.252. The summed E-state index contributed by atoms with van der Waals surface area (Å²) in [4.78, 5) is 11.2. The summed E-state index contributed by atoms with van der Waals surface area (Å²) < 4.78 is 0. The fourth-order valence-electron chi connectivity index (χ4n) is 1.02. The van der Waals surface area contributed by atoms with Crippen molar-refractivity contribution < 1.29 is 9.90 Å². The summed E-state index contributed by atoms with van der Waals surface area (Å²) in [6, 6.07) is 0. The van der Waals surface area contributed by atoms with Crippen molar-refractivity contribution in [3.63, 3.8) is 0 Å². The van der Waals surface area contributed by atoms with Gasteiger partial charge in [-0.05, 0) is 26.2 Å². The van der Waals surface area contributed by atoms with Gasteiger partial charge in [0.05, 0.1) is 6.10 Å². The predicted molar refractivity (Wildman–Crippen MR) is 54.6 cm³/mol. The van der Waals surface area contributed by atoms with Crippen molar-refractivity contribution in [2.45, 2.75) is 52.1 Å². The molecule has 0 aromatic rings. The highest BCUT2D eigenvalue weighted by Gasteiger charge is 2.02. The van der Waals surface area contributed by atoms with Gasteiger partial charge < -0.3 is 5.11 Å². The maximum Gasteiger partial charge on any atom is 0.133 e. The Balaban J connectivity index is 3.35. The molecule has 13 heavy (non-hydrogen) atoms. The Kier molecular flexibility index (Phi) is 7.60. The van der Waals surface area contributed by atoms with Gasteiger partial charge in [0.2, 0.25) is 0 Å². The molecular formula is C11H20O2. The first-order valence-electron chi connectivity index (χ1n) is 5.01. The Hall–Kier alpha value is -0.630. The van der Waals surface area contributed by atoms with Gasteiger partial charge in [-0.25, -0.2) is 0 Å². The minimum atomic E-state index is -0.352. The summed E-state index contributed by atoms with van der Waals surface area (Å²) in [5, 5.41) is 8.94. The number of ketones is 1. The zero-order chi connectivity index (χ0) is 10.1. The molecule has 0 amide bonds. The van der Waals surface area contributed by atoms with Gasteiger partial charge in [-0.3, -0.25) is 4.79 Å². The predicted octanol–water partition coefficient (Wildman–Crippen LogP) is 2.46. The number of hydrogen-bond donors (Lipinski definition) is 1. The summed E-state index contributed by atoms with van der Waals surface area (Å²) in [5.74, 6) is 0.252. The summed E-state index contributed by atoms with van der Waals surface area (Å²) in [6.45, 7) is 3.79. The number of hydrogen-bond acceptors (Lipinski definition) is 2. The molecule has 0 rings (SSSR count). The van der Waals surface area contributed by atoms with Crippen molar-refractivity contribution in [3.8, 4) is 0 Å². The number of rotatable bonds is 7. The van der Waals surface area contributed by atoms with E-state index < -0.39 is 0 Å². The van der Waals surface area contributed by atoms with Crippen molar-refractivity contribution >= 4 is 5.78 Å². The van der Waals surface area contributed by atoms with Gasteiger partial charge in [0.15, 0.2) is 0 Å². The molecule has 1 N–H and O–H groups in total. The molecule has 0 saturated carbocycles. The maximum absolute atomic E-state index is 11.2. The van der Waals surface area contributed by atoms with Crippen molar-refractivity contribution in [2.24, 2.45) is 0 Å². The van der Waals surface area contributed by atoms with Crippen LogP contribution in [0.15, 0.2) is 12.2 Å². The standard InChI is InChI=1S/C11H20O2/c1-3-4-5-6-7-11(13)9-8-10(2)12/h4-5,10,12H,3,6-9H2,1-2H3/b5-4-. The van der Waals surface area contributed by atoms with E-state index >= 15 is 0 Å². The largest absolute Gasteiger partial charge is 0.393 e. The Morgan fingerprint density at radius 3 is 2.62 bits per heavy atom. The van der Waals surface area contributed by atoms with Gasteiger partial charge in [0, 0.05) is 12.8 Å². The van der Waals surface area contributed by atoms with Gasteiger partial charge in [-0.1, -0.05) is 19.1 Å². The first-order chi connectivity index (χ1) is 6.16. The SMILES string of the molecule is CC/C=C\CCC(=O)CCC(C)O. The molecule has 1 atom stereocenters. The Bertz CT molecular complexity index is 159. The highest BCUT2D eigenvalue weighted by molar-refractivity contribution is 5.78. The normalized spacial score (nSPS) is 13.5. The Morgan fingerprint density at radius 2 is 2.08 bits per heavy atom. The van der Waals surface area contributed by atoms with Crippen LogP contribution in [0.3, 0.4) is 0 Å². The van der Waals surface area contributed by atoms with Crippen LogP contribution >= 0.6 is 0 Å². The monoisotopic (exact) mass is 184 g/mol. The molecule has 0 heterocycles. The van der Waals surface area contributed by atoms with Gasteiger partial charge in [-0.15, -0.1) is 0 Å². The van der Waals surface area contributed by atoms with Crippen molar-refractivity contribution in [1.29, 1.82) is 0 Å². The molecule has 2 heteroatoms. The van der Waals surface area contributed by atoms with E-state index in [0.717, 1.165) is 12.8 Å². The lowest BCUT2D eigenvalue weighted by Crippen LogP contribution is -2.04. The summed E-state index contributed by atoms with van der Waals surface area (Å²) in [6.07, 6.45) is 7.35. The van der Waals surface area contributed by atoms with Crippen LogP contribution in [0.25, 0.3) is 0 Å². The smallest absolute Gasteiger partial charge is 0.133 e. The maximum atomic E-state index is 11.2. The molecule has 1 unspecified atom stereocenters. The molecule has 0 aliphatic heterocycles. The number of aliphatic hydroxyl groups is 1. The van der Waals surface area contributed by atoms with Crippen LogP contribution in [-0.2, 0) is 4.79 Å². The second-order valence-electron chi connectivity index (χ2n) is 3.34. The number of aliphatic hydroxyl groups excluding tert-OH is 1. The highest BCUT2D eigenvalue weighted by Crippen LogP contribution is 2.02. The van der Waals surface area contributed by atoms with Gasteiger partial charge in [0.25, 0.3) is 0 Å². The van der Waals surface area contributed by atoms with Gasteiger partial charge >= 0.3 is 0 Å². The molecule has 0 fully saturated rings. The third-order valence-electron chi connectivity index (χ3n) is 1.83. The van der Waals surface area contributed by atoms with Crippen molar-refractivity contribution in [1.82, 2.24) is 0 Å². The average Bonchev–Trinajstić information content (AvgIpc) is 2.09. The first-order valence-corrected chi connectivity index (χ1v) is 5.01. The topological polar surface area (TPSA) is 37.3 Å². The van der Waals surface area contributed by atoms with E-state index in [1.807, 2.05) is 6.08 Å². The highest BCUT2D eigenvalue weighted by atomic mass is 16.3. The van der Waals surface area contributed by atoms with E-state index in [0.29, 0.717) is 19.3 Å². The first kappa shape index (κ1) is 12.4. The van der Waals surface area contributed by atoms with Crippen LogP contribution < -0.4 is 0 Å². The quantitative estimate of drug-likeness (QED) is 0.617. The fourth-order valence-corrected chi connectivity index (χ4v) is 1.02. The summed E-state index contributed by atoms with van der Waals surface area (Å²) >= 11 is 0. The summed E-state index contributed by atoms with van der Waals surface area (Å²) in [5.41, 5.74) is 0. The molecule has 0 aliphatic carbocycles. The second-order valence-corrected chi connectivity index (χ2v) is 3.34. The van der Waals surface area contributed by atoms with E-state index in [2.05, 4.69) is 13.0 Å². The lowest BCUT2D eigenvalue weighted by molar-refractivity contribution is -0.119. The Morgan fingerprint density at radius 1 is 1.38 bits per heavy atom. The van der Waals surface area contributed by atoms with Crippen LogP contribution in [0, 0.1) is 0 Å². The fraction of sp³-hybridized carbons (Fsp3) is 0.727. The molecule has 0 bridgehead atoms. The molecule has 0 radical (unpaired) electrons. The molecule has 0 aromatic heterocycles. The van der Waals surface area contributed by atoms with Gasteiger partial charge in [0.1, 0.15) is 5.78 Å². The molecule has 2 nitrogen and oxygen atoms in total. The zero-order valence-electron chi connectivity index (χ0n) is 8.62. The number of carbonyl (C=O) groups excluding carboxylic acids is 1. The number of Topliss-reactive ketones (excluding diaryl/α,β-unsaturated/α-hetero) is 1. The van der Waals surface area contributed by atoms with E-state index in [1.54, 1.807) is 6.92 Å². The van der Waals surface area contributed by atoms with Crippen molar-refractivity contribution in [2.75, 3.05) is 0 Å². The molecule has 0 aromatic carbocycles. The molecular weight excluding hydrogens is 164 g/mol. The molecule has 0 aliphatic rings. The van der Waals surface area contributed by atoms with Gasteiger partial charge in [-0.2, -0.15) is 0 Å².